The Labute approximate surface area is 105 Å². The standard InChI is InChI=1S/C13H15N3O2/c14-10-3-5-11(6-4-10)17-8-13-15-12(16-18-13)7-9-1-2-9/h3-6,9H,1-2,7-8,14H2. The van der Waals surface area contributed by atoms with Crippen molar-refractivity contribution < 1.29 is 9.26 Å². The molecular formula is C13H15N3O2. The molecule has 0 spiro atoms. The summed E-state index contributed by atoms with van der Waals surface area (Å²) in [6.07, 6.45) is 3.49. The number of nitrogen functional groups attached to an aromatic ring is 1. The number of hydrogen-bond donors (Lipinski definition) is 1. The van der Waals surface area contributed by atoms with Crippen LogP contribution in [0.25, 0.3) is 0 Å². The molecule has 0 atom stereocenters. The van der Waals surface area contributed by atoms with Gasteiger partial charge in [-0.25, -0.2) is 0 Å². The number of nitrogens with zero attached hydrogens (tertiary/aromatic N) is 2. The van der Waals surface area contributed by atoms with E-state index in [1.165, 1.54) is 12.8 Å². The molecule has 1 saturated carbocycles. The highest BCUT2D eigenvalue weighted by atomic mass is 16.5. The molecule has 1 fully saturated rings. The van der Waals surface area contributed by atoms with Crippen LogP contribution in [0.4, 0.5) is 5.69 Å². The average Bonchev–Trinajstić information content (AvgIpc) is 3.07. The number of nitrogens with two attached hydrogens (primary N) is 1. The predicted molar refractivity (Wildman–Crippen MR) is 65.9 cm³/mol. The molecule has 3 rings (SSSR count). The van der Waals surface area contributed by atoms with Crippen LogP contribution in [0.1, 0.15) is 24.6 Å². The number of ether oxygens (including phenoxy) is 1. The van der Waals surface area contributed by atoms with E-state index in [1.807, 2.05) is 12.1 Å². The largest absolute Gasteiger partial charge is 0.484 e. The normalized spacial score (nSPS) is 14.7. The number of rotatable bonds is 5. The molecule has 1 aromatic carbocycles. The zero-order valence-electron chi connectivity index (χ0n) is 10.0. The summed E-state index contributed by atoms with van der Waals surface area (Å²) in [7, 11) is 0. The van der Waals surface area contributed by atoms with E-state index >= 15 is 0 Å². The van der Waals surface area contributed by atoms with E-state index in [4.69, 9.17) is 15.0 Å². The predicted octanol–water partition coefficient (Wildman–Crippen LogP) is 2.18. The maximum absolute atomic E-state index is 5.59. The van der Waals surface area contributed by atoms with E-state index in [0.29, 0.717) is 18.2 Å². The molecule has 0 unspecified atom stereocenters. The van der Waals surface area contributed by atoms with Crippen LogP contribution >= 0.6 is 0 Å². The lowest BCUT2D eigenvalue weighted by Crippen LogP contribution is -1.97. The molecule has 0 radical (unpaired) electrons. The van der Waals surface area contributed by atoms with E-state index in [9.17, 15) is 0 Å². The highest BCUT2D eigenvalue weighted by molar-refractivity contribution is 5.41. The molecule has 0 aliphatic heterocycles. The quantitative estimate of drug-likeness (QED) is 0.817. The Hall–Kier alpha value is -2.04. The molecule has 5 heteroatoms. The van der Waals surface area contributed by atoms with Crippen molar-refractivity contribution in [2.45, 2.75) is 25.9 Å². The van der Waals surface area contributed by atoms with Gasteiger partial charge in [0, 0.05) is 12.1 Å². The summed E-state index contributed by atoms with van der Waals surface area (Å²) in [5.41, 5.74) is 6.31. The third-order valence-corrected chi connectivity index (χ3v) is 2.92. The van der Waals surface area contributed by atoms with Crippen molar-refractivity contribution in [3.05, 3.63) is 36.0 Å². The van der Waals surface area contributed by atoms with Crippen LogP contribution in [0.5, 0.6) is 5.75 Å². The summed E-state index contributed by atoms with van der Waals surface area (Å²) in [6, 6.07) is 7.22. The monoisotopic (exact) mass is 245 g/mol. The summed E-state index contributed by atoms with van der Waals surface area (Å²) in [5.74, 6) is 2.80. The Kier molecular flexibility index (Phi) is 2.88. The summed E-state index contributed by atoms with van der Waals surface area (Å²) in [6.45, 7) is 0.293. The van der Waals surface area contributed by atoms with Crippen LogP contribution in [0, 0.1) is 5.92 Å². The minimum Gasteiger partial charge on any atom is -0.484 e. The van der Waals surface area contributed by atoms with Crippen LogP contribution in [0.15, 0.2) is 28.8 Å². The van der Waals surface area contributed by atoms with Crippen molar-refractivity contribution in [2.75, 3.05) is 5.73 Å². The summed E-state index contributed by atoms with van der Waals surface area (Å²) in [4.78, 5) is 4.30. The third kappa shape index (κ3) is 2.80. The minimum absolute atomic E-state index is 0.293. The van der Waals surface area contributed by atoms with Gasteiger partial charge in [-0.05, 0) is 43.0 Å². The summed E-state index contributed by atoms with van der Waals surface area (Å²) < 4.78 is 10.7. The molecule has 0 saturated heterocycles. The van der Waals surface area contributed by atoms with Gasteiger partial charge >= 0.3 is 0 Å². The minimum atomic E-state index is 0.293. The Balaban J connectivity index is 1.55. The van der Waals surface area contributed by atoms with Crippen molar-refractivity contribution in [3.63, 3.8) is 0 Å². The van der Waals surface area contributed by atoms with Crippen LogP contribution in [-0.4, -0.2) is 10.1 Å². The third-order valence-electron chi connectivity index (χ3n) is 2.92. The van der Waals surface area contributed by atoms with E-state index in [1.54, 1.807) is 12.1 Å². The Morgan fingerprint density at radius 3 is 2.78 bits per heavy atom. The zero-order chi connectivity index (χ0) is 12.4. The zero-order valence-corrected chi connectivity index (χ0v) is 10.0. The van der Waals surface area contributed by atoms with Crippen LogP contribution < -0.4 is 10.5 Å². The van der Waals surface area contributed by atoms with Gasteiger partial charge in [0.25, 0.3) is 5.89 Å². The molecule has 94 valence electrons. The van der Waals surface area contributed by atoms with Gasteiger partial charge in [-0.15, -0.1) is 0 Å². The first kappa shape index (κ1) is 11.1. The van der Waals surface area contributed by atoms with Gasteiger partial charge in [0.15, 0.2) is 12.4 Å². The van der Waals surface area contributed by atoms with Crippen molar-refractivity contribution in [1.29, 1.82) is 0 Å². The fraction of sp³-hybridized carbons (Fsp3) is 0.385. The fourth-order valence-corrected chi connectivity index (χ4v) is 1.72. The number of anilines is 1. The first-order chi connectivity index (χ1) is 8.79. The van der Waals surface area contributed by atoms with E-state index in [2.05, 4.69) is 10.1 Å². The first-order valence-electron chi connectivity index (χ1n) is 6.09. The molecule has 1 aromatic heterocycles. The van der Waals surface area contributed by atoms with E-state index in [-0.39, 0.29) is 0 Å². The maximum Gasteiger partial charge on any atom is 0.264 e. The van der Waals surface area contributed by atoms with Crippen molar-refractivity contribution in [1.82, 2.24) is 10.1 Å². The molecule has 0 amide bonds. The average molecular weight is 245 g/mol. The second-order valence-electron chi connectivity index (χ2n) is 4.61. The lowest BCUT2D eigenvalue weighted by Gasteiger charge is -2.02. The SMILES string of the molecule is Nc1ccc(OCc2nc(CC3CC3)no2)cc1. The van der Waals surface area contributed by atoms with Crippen molar-refractivity contribution in [2.24, 2.45) is 5.92 Å². The summed E-state index contributed by atoms with van der Waals surface area (Å²) in [5, 5.41) is 3.94. The molecule has 2 aromatic rings. The molecule has 2 N–H and O–H groups in total. The highest BCUT2D eigenvalue weighted by Crippen LogP contribution is 2.31. The fourth-order valence-electron chi connectivity index (χ4n) is 1.72. The van der Waals surface area contributed by atoms with Crippen LogP contribution in [0.3, 0.4) is 0 Å². The Morgan fingerprint density at radius 2 is 2.06 bits per heavy atom. The number of aromatic nitrogens is 2. The first-order valence-corrected chi connectivity index (χ1v) is 6.09. The summed E-state index contributed by atoms with van der Waals surface area (Å²) >= 11 is 0. The van der Waals surface area contributed by atoms with E-state index < -0.39 is 0 Å². The Morgan fingerprint density at radius 1 is 1.28 bits per heavy atom. The van der Waals surface area contributed by atoms with Gasteiger partial charge in [-0.1, -0.05) is 5.16 Å². The van der Waals surface area contributed by atoms with Gasteiger partial charge < -0.3 is 15.0 Å². The molecule has 1 aliphatic rings. The molecule has 1 heterocycles. The smallest absolute Gasteiger partial charge is 0.264 e. The molecular weight excluding hydrogens is 230 g/mol. The lowest BCUT2D eigenvalue weighted by molar-refractivity contribution is 0.242. The highest BCUT2D eigenvalue weighted by Gasteiger charge is 2.24. The molecule has 1 aliphatic carbocycles. The van der Waals surface area contributed by atoms with E-state index in [0.717, 1.165) is 23.9 Å². The van der Waals surface area contributed by atoms with Gasteiger partial charge in [-0.3, -0.25) is 0 Å². The number of benzene rings is 1. The van der Waals surface area contributed by atoms with Crippen molar-refractivity contribution in [3.8, 4) is 5.75 Å². The molecule has 18 heavy (non-hydrogen) atoms. The second kappa shape index (κ2) is 4.68. The Bertz CT molecular complexity index is 517. The van der Waals surface area contributed by atoms with Crippen LogP contribution in [0.2, 0.25) is 0 Å². The van der Waals surface area contributed by atoms with Gasteiger partial charge in [0.1, 0.15) is 5.75 Å². The topological polar surface area (TPSA) is 74.2 Å². The van der Waals surface area contributed by atoms with Crippen LogP contribution in [-0.2, 0) is 13.0 Å². The lowest BCUT2D eigenvalue weighted by atomic mass is 10.3. The van der Waals surface area contributed by atoms with Gasteiger partial charge in [0.2, 0.25) is 0 Å². The molecule has 0 bridgehead atoms. The number of hydrogen-bond acceptors (Lipinski definition) is 5. The van der Waals surface area contributed by atoms with Gasteiger partial charge in [0.05, 0.1) is 0 Å². The second-order valence-corrected chi connectivity index (χ2v) is 4.61. The van der Waals surface area contributed by atoms with Gasteiger partial charge in [-0.2, -0.15) is 4.98 Å². The molecule has 5 nitrogen and oxygen atoms in total. The maximum atomic E-state index is 5.59. The van der Waals surface area contributed by atoms with Crippen molar-refractivity contribution >= 4 is 5.69 Å².